The standard InChI is InChI=1S/C16H16Cl3N/c1-2-20-16(9-11-4-3-5-13(17)8-11)12-6-7-14(18)15(19)10-12/h3-8,10,16,20H,2,9H2,1H3. The predicted molar refractivity (Wildman–Crippen MR) is 88.0 cm³/mol. The van der Waals surface area contributed by atoms with Gasteiger partial charge in [0.05, 0.1) is 10.0 Å². The van der Waals surface area contributed by atoms with Gasteiger partial charge in [0.2, 0.25) is 0 Å². The molecular weight excluding hydrogens is 313 g/mol. The molecular formula is C16H16Cl3N. The second-order valence-corrected chi connectivity index (χ2v) is 5.87. The van der Waals surface area contributed by atoms with Crippen LogP contribution in [0.1, 0.15) is 24.1 Å². The van der Waals surface area contributed by atoms with Gasteiger partial charge < -0.3 is 5.32 Å². The van der Waals surface area contributed by atoms with E-state index in [1.165, 1.54) is 5.56 Å². The Balaban J connectivity index is 2.24. The zero-order valence-electron chi connectivity index (χ0n) is 11.2. The van der Waals surface area contributed by atoms with Crippen LogP contribution >= 0.6 is 34.8 Å². The Labute approximate surface area is 134 Å². The van der Waals surface area contributed by atoms with Crippen molar-refractivity contribution in [3.63, 3.8) is 0 Å². The van der Waals surface area contributed by atoms with Gasteiger partial charge >= 0.3 is 0 Å². The van der Waals surface area contributed by atoms with Crippen molar-refractivity contribution in [1.29, 1.82) is 0 Å². The number of likely N-dealkylation sites (N-methyl/N-ethyl adjacent to an activating group) is 1. The lowest BCUT2D eigenvalue weighted by Crippen LogP contribution is -2.23. The maximum atomic E-state index is 6.11. The topological polar surface area (TPSA) is 12.0 Å². The lowest BCUT2D eigenvalue weighted by atomic mass is 9.99. The number of hydrogen-bond acceptors (Lipinski definition) is 1. The van der Waals surface area contributed by atoms with Gasteiger partial charge in [-0.1, -0.05) is 59.9 Å². The SMILES string of the molecule is CCNC(Cc1cccc(Cl)c1)c1ccc(Cl)c(Cl)c1. The number of benzene rings is 2. The van der Waals surface area contributed by atoms with Crippen molar-refractivity contribution >= 4 is 34.8 Å². The minimum absolute atomic E-state index is 0.188. The van der Waals surface area contributed by atoms with Gasteiger partial charge in [-0.3, -0.25) is 0 Å². The van der Waals surface area contributed by atoms with Gasteiger partial charge in [-0.05, 0) is 48.4 Å². The van der Waals surface area contributed by atoms with Gasteiger partial charge in [-0.25, -0.2) is 0 Å². The minimum atomic E-state index is 0.188. The molecule has 0 aromatic heterocycles. The van der Waals surface area contributed by atoms with E-state index in [2.05, 4.69) is 18.3 Å². The summed E-state index contributed by atoms with van der Waals surface area (Å²) < 4.78 is 0. The molecule has 0 saturated heterocycles. The monoisotopic (exact) mass is 327 g/mol. The van der Waals surface area contributed by atoms with Crippen molar-refractivity contribution in [3.8, 4) is 0 Å². The minimum Gasteiger partial charge on any atom is -0.310 e. The molecule has 0 amide bonds. The Morgan fingerprint density at radius 1 is 1.00 bits per heavy atom. The molecule has 4 heteroatoms. The fourth-order valence-electron chi connectivity index (χ4n) is 2.18. The van der Waals surface area contributed by atoms with Gasteiger partial charge in [-0.2, -0.15) is 0 Å². The molecule has 0 radical (unpaired) electrons. The zero-order chi connectivity index (χ0) is 14.5. The normalized spacial score (nSPS) is 12.4. The molecule has 2 aromatic rings. The molecule has 0 aliphatic rings. The highest BCUT2D eigenvalue weighted by Gasteiger charge is 2.13. The van der Waals surface area contributed by atoms with E-state index in [0.717, 1.165) is 23.6 Å². The Morgan fingerprint density at radius 3 is 2.45 bits per heavy atom. The first-order valence-electron chi connectivity index (χ1n) is 6.53. The number of nitrogens with one attached hydrogen (secondary N) is 1. The molecule has 1 nitrogen and oxygen atoms in total. The summed E-state index contributed by atoms with van der Waals surface area (Å²) in [5.41, 5.74) is 2.32. The second-order valence-electron chi connectivity index (χ2n) is 4.62. The Kier molecular flexibility index (Phi) is 5.74. The van der Waals surface area contributed by atoms with Crippen LogP contribution < -0.4 is 5.32 Å². The smallest absolute Gasteiger partial charge is 0.0595 e. The predicted octanol–water partition coefficient (Wildman–Crippen LogP) is 5.54. The van der Waals surface area contributed by atoms with Crippen LogP contribution in [-0.4, -0.2) is 6.54 Å². The summed E-state index contributed by atoms with van der Waals surface area (Å²) in [5, 5.41) is 5.38. The molecule has 0 heterocycles. The third-order valence-corrected chi connectivity index (χ3v) is 4.10. The van der Waals surface area contributed by atoms with E-state index in [9.17, 15) is 0 Å². The van der Waals surface area contributed by atoms with Crippen LogP contribution in [-0.2, 0) is 6.42 Å². The molecule has 0 spiro atoms. The van der Waals surface area contributed by atoms with E-state index in [1.54, 1.807) is 0 Å². The van der Waals surface area contributed by atoms with E-state index < -0.39 is 0 Å². The molecule has 0 aliphatic heterocycles. The average Bonchev–Trinajstić information content (AvgIpc) is 2.41. The molecule has 1 atom stereocenters. The Hall–Kier alpha value is -0.730. The molecule has 0 saturated carbocycles. The lowest BCUT2D eigenvalue weighted by Gasteiger charge is -2.19. The van der Waals surface area contributed by atoms with Gasteiger partial charge in [0, 0.05) is 11.1 Å². The van der Waals surface area contributed by atoms with Crippen LogP contribution in [0.15, 0.2) is 42.5 Å². The third-order valence-electron chi connectivity index (χ3n) is 3.13. The molecule has 1 N–H and O–H groups in total. The van der Waals surface area contributed by atoms with Gasteiger partial charge in [0.1, 0.15) is 0 Å². The molecule has 20 heavy (non-hydrogen) atoms. The van der Waals surface area contributed by atoms with Crippen LogP contribution in [0.2, 0.25) is 15.1 Å². The zero-order valence-corrected chi connectivity index (χ0v) is 13.4. The summed E-state index contributed by atoms with van der Waals surface area (Å²) in [6.45, 7) is 2.97. The Bertz CT molecular complexity index is 584. The second kappa shape index (κ2) is 7.33. The average molecular weight is 329 g/mol. The fraction of sp³-hybridized carbons (Fsp3) is 0.250. The van der Waals surface area contributed by atoms with Crippen LogP contribution in [0.25, 0.3) is 0 Å². The van der Waals surface area contributed by atoms with E-state index in [0.29, 0.717) is 10.0 Å². The number of hydrogen-bond donors (Lipinski definition) is 1. The highest BCUT2D eigenvalue weighted by Crippen LogP contribution is 2.27. The highest BCUT2D eigenvalue weighted by molar-refractivity contribution is 6.42. The first-order chi connectivity index (χ1) is 9.60. The molecule has 2 rings (SSSR count). The van der Waals surface area contributed by atoms with Crippen LogP contribution in [0, 0.1) is 0 Å². The molecule has 0 fully saturated rings. The van der Waals surface area contributed by atoms with Crippen molar-refractivity contribution in [1.82, 2.24) is 5.32 Å². The summed E-state index contributed by atoms with van der Waals surface area (Å²) in [4.78, 5) is 0. The third kappa shape index (κ3) is 4.13. The van der Waals surface area contributed by atoms with Gasteiger partial charge in [0.15, 0.2) is 0 Å². The van der Waals surface area contributed by atoms with Gasteiger partial charge in [0.25, 0.3) is 0 Å². The highest BCUT2D eigenvalue weighted by atomic mass is 35.5. The summed E-state index contributed by atoms with van der Waals surface area (Å²) in [7, 11) is 0. The van der Waals surface area contributed by atoms with Crippen LogP contribution in [0.5, 0.6) is 0 Å². The fourth-order valence-corrected chi connectivity index (χ4v) is 2.70. The summed E-state index contributed by atoms with van der Waals surface area (Å²) in [6, 6.07) is 13.9. The molecule has 0 aliphatic carbocycles. The number of rotatable bonds is 5. The first-order valence-corrected chi connectivity index (χ1v) is 7.66. The Morgan fingerprint density at radius 2 is 1.80 bits per heavy atom. The van der Waals surface area contributed by atoms with E-state index >= 15 is 0 Å². The van der Waals surface area contributed by atoms with E-state index in [1.807, 2.05) is 36.4 Å². The largest absolute Gasteiger partial charge is 0.310 e. The molecule has 2 aromatic carbocycles. The maximum Gasteiger partial charge on any atom is 0.0595 e. The first kappa shape index (κ1) is 15.7. The maximum absolute atomic E-state index is 6.11. The summed E-state index contributed by atoms with van der Waals surface area (Å²) in [6.07, 6.45) is 0.854. The van der Waals surface area contributed by atoms with Crippen molar-refractivity contribution in [3.05, 3.63) is 68.7 Å². The lowest BCUT2D eigenvalue weighted by molar-refractivity contribution is 0.550. The van der Waals surface area contributed by atoms with Crippen LogP contribution in [0.3, 0.4) is 0 Å². The van der Waals surface area contributed by atoms with Crippen molar-refractivity contribution in [2.75, 3.05) is 6.54 Å². The summed E-state index contributed by atoms with van der Waals surface area (Å²) in [5.74, 6) is 0. The number of halogens is 3. The van der Waals surface area contributed by atoms with Crippen molar-refractivity contribution in [2.45, 2.75) is 19.4 Å². The molecule has 106 valence electrons. The van der Waals surface area contributed by atoms with Crippen molar-refractivity contribution in [2.24, 2.45) is 0 Å². The van der Waals surface area contributed by atoms with E-state index in [-0.39, 0.29) is 6.04 Å². The summed E-state index contributed by atoms with van der Waals surface area (Å²) >= 11 is 18.1. The quantitative estimate of drug-likeness (QED) is 0.760. The van der Waals surface area contributed by atoms with Gasteiger partial charge in [-0.15, -0.1) is 0 Å². The van der Waals surface area contributed by atoms with Crippen molar-refractivity contribution < 1.29 is 0 Å². The van der Waals surface area contributed by atoms with Crippen LogP contribution in [0.4, 0.5) is 0 Å². The molecule has 1 unspecified atom stereocenters. The van der Waals surface area contributed by atoms with E-state index in [4.69, 9.17) is 34.8 Å². The molecule has 0 bridgehead atoms.